The maximum atomic E-state index is 11.7. The van der Waals surface area contributed by atoms with E-state index in [4.69, 9.17) is 5.73 Å². The van der Waals surface area contributed by atoms with Gasteiger partial charge in [0.05, 0.1) is 6.54 Å². The van der Waals surface area contributed by atoms with Crippen LogP contribution in [-0.2, 0) is 9.59 Å². The topological polar surface area (TPSA) is 84.2 Å². The van der Waals surface area contributed by atoms with Gasteiger partial charge >= 0.3 is 0 Å². The molecule has 1 rings (SSSR count). The van der Waals surface area contributed by atoms with Crippen LogP contribution in [0.3, 0.4) is 0 Å². The summed E-state index contributed by atoms with van der Waals surface area (Å²) < 4.78 is 0. The first-order valence-corrected chi connectivity index (χ1v) is 6.93. The third kappa shape index (κ3) is 6.78. The molecule has 0 aromatic carbocycles. The van der Waals surface area contributed by atoms with E-state index >= 15 is 0 Å². The Morgan fingerprint density at radius 2 is 1.89 bits per heavy atom. The number of hydrogen-bond acceptors (Lipinski definition) is 3. The van der Waals surface area contributed by atoms with Crippen molar-refractivity contribution in [2.45, 2.75) is 51.5 Å². The maximum absolute atomic E-state index is 11.7. The molecule has 0 spiro atoms. The van der Waals surface area contributed by atoms with Crippen LogP contribution in [0.4, 0.5) is 0 Å². The Hall–Kier alpha value is -0.810. The van der Waals surface area contributed by atoms with Gasteiger partial charge in [0.15, 0.2) is 0 Å². The highest BCUT2D eigenvalue weighted by Gasteiger charge is 2.25. The molecule has 112 valence electrons. The minimum absolute atomic E-state index is 0. The minimum Gasteiger partial charge on any atom is -0.352 e. The van der Waals surface area contributed by atoms with Crippen molar-refractivity contribution < 1.29 is 9.59 Å². The van der Waals surface area contributed by atoms with Crippen LogP contribution in [0.15, 0.2) is 0 Å². The Balaban J connectivity index is 0.00000324. The van der Waals surface area contributed by atoms with Gasteiger partial charge in [0.2, 0.25) is 11.8 Å². The molecule has 2 atom stereocenters. The van der Waals surface area contributed by atoms with Crippen LogP contribution in [0.25, 0.3) is 0 Å². The SMILES string of the molecule is CCCC(=O)NCC(=O)NC1CCCCC1CN.Cl. The highest BCUT2D eigenvalue weighted by atomic mass is 35.5. The number of hydrogen-bond donors (Lipinski definition) is 3. The van der Waals surface area contributed by atoms with Crippen molar-refractivity contribution in [3.63, 3.8) is 0 Å². The van der Waals surface area contributed by atoms with E-state index in [0.29, 0.717) is 18.9 Å². The highest BCUT2D eigenvalue weighted by Crippen LogP contribution is 2.23. The van der Waals surface area contributed by atoms with Gasteiger partial charge in [-0.05, 0) is 31.7 Å². The number of amides is 2. The fraction of sp³-hybridized carbons (Fsp3) is 0.846. The molecule has 5 nitrogen and oxygen atoms in total. The molecule has 1 aliphatic carbocycles. The van der Waals surface area contributed by atoms with Crippen molar-refractivity contribution in [1.29, 1.82) is 0 Å². The van der Waals surface area contributed by atoms with E-state index in [2.05, 4.69) is 10.6 Å². The second-order valence-electron chi connectivity index (χ2n) is 4.98. The average Bonchev–Trinajstić information content (AvgIpc) is 2.37. The van der Waals surface area contributed by atoms with E-state index in [1.54, 1.807) is 0 Å². The summed E-state index contributed by atoms with van der Waals surface area (Å²) in [4.78, 5) is 23.0. The molecule has 1 saturated carbocycles. The van der Waals surface area contributed by atoms with Crippen molar-refractivity contribution in [3.8, 4) is 0 Å². The zero-order valence-electron chi connectivity index (χ0n) is 11.6. The molecular formula is C13H26ClN3O2. The number of carbonyl (C=O) groups excluding carboxylic acids is 2. The first-order valence-electron chi connectivity index (χ1n) is 6.93. The monoisotopic (exact) mass is 291 g/mol. The summed E-state index contributed by atoms with van der Waals surface area (Å²) in [6.07, 6.45) is 5.69. The Kier molecular flexibility index (Phi) is 9.61. The van der Waals surface area contributed by atoms with Crippen molar-refractivity contribution in [1.82, 2.24) is 10.6 Å². The largest absolute Gasteiger partial charge is 0.352 e. The normalized spacial score (nSPS) is 22.2. The summed E-state index contributed by atoms with van der Waals surface area (Å²) in [5, 5.41) is 5.61. The van der Waals surface area contributed by atoms with Crippen molar-refractivity contribution in [2.24, 2.45) is 11.7 Å². The highest BCUT2D eigenvalue weighted by molar-refractivity contribution is 5.85. The summed E-state index contributed by atoms with van der Waals surface area (Å²) in [6.45, 7) is 2.63. The van der Waals surface area contributed by atoms with Crippen LogP contribution in [0.1, 0.15) is 45.4 Å². The summed E-state index contributed by atoms with van der Waals surface area (Å²) >= 11 is 0. The maximum Gasteiger partial charge on any atom is 0.239 e. The summed E-state index contributed by atoms with van der Waals surface area (Å²) in [6, 6.07) is 0.180. The standard InChI is InChI=1S/C13H25N3O2.ClH/c1-2-5-12(17)15-9-13(18)16-11-7-4-3-6-10(11)8-14;/h10-11H,2-9,14H2,1H3,(H,15,17)(H,16,18);1H. The van der Waals surface area contributed by atoms with Gasteiger partial charge in [-0.3, -0.25) is 9.59 Å². The van der Waals surface area contributed by atoms with Gasteiger partial charge in [0, 0.05) is 12.5 Å². The molecule has 1 fully saturated rings. The lowest BCUT2D eigenvalue weighted by Crippen LogP contribution is -2.48. The Morgan fingerprint density at radius 1 is 1.21 bits per heavy atom. The van der Waals surface area contributed by atoms with Gasteiger partial charge in [-0.15, -0.1) is 12.4 Å². The van der Waals surface area contributed by atoms with Crippen molar-refractivity contribution in [3.05, 3.63) is 0 Å². The van der Waals surface area contributed by atoms with E-state index in [0.717, 1.165) is 25.7 Å². The van der Waals surface area contributed by atoms with E-state index in [1.165, 1.54) is 6.42 Å². The molecule has 0 heterocycles. The number of rotatable bonds is 6. The smallest absolute Gasteiger partial charge is 0.239 e. The molecule has 0 aromatic heterocycles. The lowest BCUT2D eigenvalue weighted by Gasteiger charge is -2.31. The third-order valence-corrected chi connectivity index (χ3v) is 3.48. The zero-order valence-corrected chi connectivity index (χ0v) is 12.4. The second kappa shape index (κ2) is 10.0. The molecule has 0 bridgehead atoms. The summed E-state index contributed by atoms with van der Waals surface area (Å²) in [5.74, 6) is 0.213. The predicted molar refractivity (Wildman–Crippen MR) is 78.1 cm³/mol. The molecule has 2 amide bonds. The Morgan fingerprint density at radius 3 is 2.53 bits per heavy atom. The van der Waals surface area contributed by atoms with Crippen LogP contribution in [0.2, 0.25) is 0 Å². The average molecular weight is 292 g/mol. The molecular weight excluding hydrogens is 266 g/mol. The number of carbonyl (C=O) groups is 2. The van der Waals surface area contributed by atoms with E-state index in [1.807, 2.05) is 6.92 Å². The number of nitrogens with one attached hydrogen (secondary N) is 2. The Labute approximate surface area is 121 Å². The molecule has 0 aliphatic heterocycles. The summed E-state index contributed by atoms with van der Waals surface area (Å²) in [5.41, 5.74) is 5.71. The Bertz CT molecular complexity index is 287. The lowest BCUT2D eigenvalue weighted by molar-refractivity contribution is -0.126. The van der Waals surface area contributed by atoms with E-state index in [-0.39, 0.29) is 36.8 Å². The fourth-order valence-electron chi connectivity index (χ4n) is 2.43. The lowest BCUT2D eigenvalue weighted by atomic mass is 9.84. The fourth-order valence-corrected chi connectivity index (χ4v) is 2.43. The molecule has 2 unspecified atom stereocenters. The molecule has 19 heavy (non-hydrogen) atoms. The van der Waals surface area contributed by atoms with Gasteiger partial charge in [0.1, 0.15) is 0 Å². The molecule has 0 aromatic rings. The van der Waals surface area contributed by atoms with Gasteiger partial charge in [-0.25, -0.2) is 0 Å². The number of halogens is 1. The first kappa shape index (κ1) is 18.2. The predicted octanol–water partition coefficient (Wildman–Crippen LogP) is 0.958. The van der Waals surface area contributed by atoms with Crippen molar-refractivity contribution in [2.75, 3.05) is 13.1 Å². The van der Waals surface area contributed by atoms with Crippen LogP contribution in [0, 0.1) is 5.92 Å². The van der Waals surface area contributed by atoms with Crippen LogP contribution < -0.4 is 16.4 Å². The van der Waals surface area contributed by atoms with Gasteiger partial charge < -0.3 is 16.4 Å². The summed E-state index contributed by atoms with van der Waals surface area (Å²) in [7, 11) is 0. The molecule has 1 aliphatic rings. The number of nitrogens with two attached hydrogens (primary N) is 1. The van der Waals surface area contributed by atoms with Gasteiger partial charge in [0.25, 0.3) is 0 Å². The van der Waals surface area contributed by atoms with Crippen LogP contribution in [-0.4, -0.2) is 30.9 Å². The van der Waals surface area contributed by atoms with Crippen LogP contribution in [0.5, 0.6) is 0 Å². The van der Waals surface area contributed by atoms with Gasteiger partial charge in [-0.1, -0.05) is 19.8 Å². The van der Waals surface area contributed by atoms with Crippen LogP contribution >= 0.6 is 12.4 Å². The van der Waals surface area contributed by atoms with Crippen molar-refractivity contribution >= 4 is 24.2 Å². The first-order chi connectivity index (χ1) is 8.67. The second-order valence-corrected chi connectivity index (χ2v) is 4.98. The van der Waals surface area contributed by atoms with Gasteiger partial charge in [-0.2, -0.15) is 0 Å². The third-order valence-electron chi connectivity index (χ3n) is 3.48. The molecule has 0 saturated heterocycles. The van der Waals surface area contributed by atoms with E-state index < -0.39 is 0 Å². The molecule has 4 N–H and O–H groups in total. The quantitative estimate of drug-likeness (QED) is 0.681. The zero-order chi connectivity index (χ0) is 13.4. The molecule has 0 radical (unpaired) electrons. The minimum atomic E-state index is -0.107. The molecule has 6 heteroatoms. The van der Waals surface area contributed by atoms with E-state index in [9.17, 15) is 9.59 Å².